The molecule has 38 valence electrons. The van der Waals surface area contributed by atoms with Gasteiger partial charge in [-0.1, -0.05) is 46.9 Å². The predicted molar refractivity (Wildman–Crippen MR) is 40.7 cm³/mol. The number of alkyl halides is 1. The van der Waals surface area contributed by atoms with Crippen LogP contribution in [0.4, 0.5) is 0 Å². The van der Waals surface area contributed by atoms with Crippen LogP contribution in [0, 0.1) is 0 Å². The van der Waals surface area contributed by atoms with E-state index >= 15 is 0 Å². The van der Waals surface area contributed by atoms with E-state index < -0.39 is 0 Å². The second kappa shape index (κ2) is 2.50. The predicted octanol–water partition coefficient (Wildman–Crippen LogP) is 2.31. The molecular formula is C6H7I. The molecule has 0 unspecified atom stereocenters. The Morgan fingerprint density at radius 1 is 1.43 bits per heavy atom. The lowest BCUT2D eigenvalue weighted by Gasteiger charge is -2.00. The minimum atomic E-state index is 0.739. The van der Waals surface area contributed by atoms with Gasteiger partial charge in [0.2, 0.25) is 0 Å². The lowest BCUT2D eigenvalue weighted by Crippen LogP contribution is -1.90. The molecule has 1 rings (SSSR count). The van der Waals surface area contributed by atoms with Crippen LogP contribution < -0.4 is 0 Å². The van der Waals surface area contributed by atoms with Crippen molar-refractivity contribution in [3.05, 3.63) is 24.3 Å². The Balaban J connectivity index is 2.49. The van der Waals surface area contributed by atoms with Crippen LogP contribution in [0.25, 0.3) is 0 Å². The van der Waals surface area contributed by atoms with Gasteiger partial charge >= 0.3 is 0 Å². The number of halogens is 1. The molecule has 0 nitrogen and oxygen atoms in total. The molecule has 7 heavy (non-hydrogen) atoms. The third-order valence-corrected chi connectivity index (χ3v) is 1.85. The Labute approximate surface area is 57.4 Å². The van der Waals surface area contributed by atoms with Gasteiger partial charge in [0, 0.05) is 3.92 Å². The molecule has 0 bridgehead atoms. The maximum Gasteiger partial charge on any atom is 0.0327 e. The standard InChI is InChI=1S/C6H7I/c7-6-4-2-1-3-5-6/h1-4,6H,5H2/t6-/m0/s1. The molecule has 0 saturated carbocycles. The third kappa shape index (κ3) is 1.63. The summed E-state index contributed by atoms with van der Waals surface area (Å²) in [5.41, 5.74) is 0. The number of allylic oxidation sites excluding steroid dienone is 4. The Kier molecular flexibility index (Phi) is 1.91. The summed E-state index contributed by atoms with van der Waals surface area (Å²) in [6.45, 7) is 0. The zero-order valence-corrected chi connectivity index (χ0v) is 6.13. The van der Waals surface area contributed by atoms with Crippen molar-refractivity contribution < 1.29 is 0 Å². The highest BCUT2D eigenvalue weighted by atomic mass is 127. The Hall–Kier alpha value is 0.210. The fourth-order valence-electron chi connectivity index (χ4n) is 0.550. The summed E-state index contributed by atoms with van der Waals surface area (Å²) in [7, 11) is 0. The van der Waals surface area contributed by atoms with Crippen molar-refractivity contribution in [3.63, 3.8) is 0 Å². The minimum absolute atomic E-state index is 0.739. The lowest BCUT2D eigenvalue weighted by molar-refractivity contribution is 1.09. The largest absolute Gasteiger partial charge is 0.0832 e. The van der Waals surface area contributed by atoms with Crippen LogP contribution in [0.5, 0.6) is 0 Å². The van der Waals surface area contributed by atoms with Crippen molar-refractivity contribution in [2.24, 2.45) is 0 Å². The fourth-order valence-corrected chi connectivity index (χ4v) is 1.08. The highest BCUT2D eigenvalue weighted by Crippen LogP contribution is 2.11. The van der Waals surface area contributed by atoms with E-state index in [9.17, 15) is 0 Å². The normalized spacial score (nSPS) is 28.4. The maximum atomic E-state index is 2.42. The first-order chi connectivity index (χ1) is 3.39. The molecule has 0 amide bonds. The van der Waals surface area contributed by atoms with Crippen molar-refractivity contribution in [1.82, 2.24) is 0 Å². The van der Waals surface area contributed by atoms with E-state index in [1.807, 2.05) is 0 Å². The topological polar surface area (TPSA) is 0 Å². The number of hydrogen-bond acceptors (Lipinski definition) is 0. The van der Waals surface area contributed by atoms with Gasteiger partial charge in [-0.15, -0.1) is 0 Å². The second-order valence-corrected chi connectivity index (χ2v) is 3.16. The van der Waals surface area contributed by atoms with Crippen LogP contribution in [0.2, 0.25) is 0 Å². The average Bonchev–Trinajstić information content (AvgIpc) is 1.69. The molecule has 0 aromatic heterocycles. The summed E-state index contributed by atoms with van der Waals surface area (Å²) >= 11 is 2.42. The third-order valence-electron chi connectivity index (χ3n) is 0.928. The number of hydrogen-bond donors (Lipinski definition) is 0. The van der Waals surface area contributed by atoms with Crippen LogP contribution in [0.3, 0.4) is 0 Å². The van der Waals surface area contributed by atoms with Crippen molar-refractivity contribution in [3.8, 4) is 0 Å². The molecule has 1 aliphatic carbocycles. The molecule has 1 heteroatoms. The van der Waals surface area contributed by atoms with Crippen molar-refractivity contribution in [1.29, 1.82) is 0 Å². The molecule has 0 aromatic rings. The first kappa shape index (κ1) is 5.35. The summed E-state index contributed by atoms with van der Waals surface area (Å²) in [5, 5.41) is 0. The first-order valence-corrected chi connectivity index (χ1v) is 3.61. The molecular weight excluding hydrogens is 199 g/mol. The van der Waals surface area contributed by atoms with Crippen LogP contribution in [0.1, 0.15) is 6.42 Å². The molecule has 0 spiro atoms. The fraction of sp³-hybridized carbons (Fsp3) is 0.333. The van der Waals surface area contributed by atoms with E-state index in [-0.39, 0.29) is 0 Å². The maximum absolute atomic E-state index is 2.42. The molecule has 0 aliphatic heterocycles. The van der Waals surface area contributed by atoms with Crippen molar-refractivity contribution in [2.75, 3.05) is 0 Å². The highest BCUT2D eigenvalue weighted by Gasteiger charge is 1.95. The molecule has 0 heterocycles. The van der Waals surface area contributed by atoms with Gasteiger partial charge in [-0.2, -0.15) is 0 Å². The van der Waals surface area contributed by atoms with Gasteiger partial charge in [-0.3, -0.25) is 0 Å². The van der Waals surface area contributed by atoms with Gasteiger partial charge in [-0.25, -0.2) is 0 Å². The Morgan fingerprint density at radius 2 is 2.29 bits per heavy atom. The zero-order valence-electron chi connectivity index (χ0n) is 3.97. The van der Waals surface area contributed by atoms with Gasteiger partial charge in [0.05, 0.1) is 0 Å². The van der Waals surface area contributed by atoms with Crippen molar-refractivity contribution in [2.45, 2.75) is 10.3 Å². The van der Waals surface area contributed by atoms with E-state index in [0.717, 1.165) is 3.92 Å². The Bertz CT molecular complexity index is 103. The zero-order chi connectivity index (χ0) is 5.11. The van der Waals surface area contributed by atoms with Gasteiger partial charge in [0.15, 0.2) is 0 Å². The van der Waals surface area contributed by atoms with Crippen LogP contribution >= 0.6 is 22.6 Å². The molecule has 0 N–H and O–H groups in total. The van der Waals surface area contributed by atoms with E-state index in [1.165, 1.54) is 6.42 Å². The highest BCUT2D eigenvalue weighted by molar-refractivity contribution is 14.1. The SMILES string of the molecule is I[C@H]1C=CC=CC1. The summed E-state index contributed by atoms with van der Waals surface area (Å²) in [5.74, 6) is 0. The van der Waals surface area contributed by atoms with E-state index in [2.05, 4.69) is 46.9 Å². The van der Waals surface area contributed by atoms with Gasteiger partial charge in [0.25, 0.3) is 0 Å². The Morgan fingerprint density at radius 3 is 2.57 bits per heavy atom. The summed E-state index contributed by atoms with van der Waals surface area (Å²) in [6, 6.07) is 0. The molecule has 1 aliphatic rings. The van der Waals surface area contributed by atoms with E-state index in [4.69, 9.17) is 0 Å². The van der Waals surface area contributed by atoms with E-state index in [0.29, 0.717) is 0 Å². The summed E-state index contributed by atoms with van der Waals surface area (Å²) < 4.78 is 0.739. The molecule has 0 aromatic carbocycles. The van der Waals surface area contributed by atoms with Crippen LogP contribution in [-0.4, -0.2) is 3.92 Å². The molecule has 0 radical (unpaired) electrons. The summed E-state index contributed by atoms with van der Waals surface area (Å²) in [6.07, 6.45) is 9.80. The first-order valence-electron chi connectivity index (χ1n) is 2.37. The number of rotatable bonds is 0. The van der Waals surface area contributed by atoms with Gasteiger partial charge in [0.1, 0.15) is 0 Å². The molecule has 0 fully saturated rings. The summed E-state index contributed by atoms with van der Waals surface area (Å²) in [4.78, 5) is 0. The lowest BCUT2D eigenvalue weighted by atomic mass is 10.2. The smallest absolute Gasteiger partial charge is 0.0327 e. The van der Waals surface area contributed by atoms with Crippen molar-refractivity contribution >= 4 is 22.6 Å². The average molecular weight is 206 g/mol. The molecule has 0 saturated heterocycles. The van der Waals surface area contributed by atoms with Gasteiger partial charge in [-0.05, 0) is 6.42 Å². The quantitative estimate of drug-likeness (QED) is 0.421. The molecule has 1 atom stereocenters. The second-order valence-electron chi connectivity index (χ2n) is 1.56. The van der Waals surface area contributed by atoms with Crippen LogP contribution in [0.15, 0.2) is 24.3 Å². The van der Waals surface area contributed by atoms with Crippen LogP contribution in [-0.2, 0) is 0 Å². The minimum Gasteiger partial charge on any atom is -0.0832 e. The monoisotopic (exact) mass is 206 g/mol. The van der Waals surface area contributed by atoms with Gasteiger partial charge < -0.3 is 0 Å². The van der Waals surface area contributed by atoms with E-state index in [1.54, 1.807) is 0 Å².